The summed E-state index contributed by atoms with van der Waals surface area (Å²) < 4.78 is 10.3. The van der Waals surface area contributed by atoms with E-state index in [1.54, 1.807) is 12.1 Å². The van der Waals surface area contributed by atoms with Gasteiger partial charge in [-0.2, -0.15) is 5.10 Å². The van der Waals surface area contributed by atoms with Crippen LogP contribution in [0.5, 0.6) is 5.75 Å². The van der Waals surface area contributed by atoms with Crippen LogP contribution in [-0.2, 0) is 33.0 Å². The van der Waals surface area contributed by atoms with Crippen LogP contribution in [0.2, 0.25) is 5.02 Å². The van der Waals surface area contributed by atoms with Gasteiger partial charge in [0.25, 0.3) is 5.91 Å². The normalized spacial score (nSPS) is 13.2. The second kappa shape index (κ2) is 14.4. The molecular formula is C41H47ClN4O4. The Balaban J connectivity index is 1.43. The van der Waals surface area contributed by atoms with Gasteiger partial charge in [-0.05, 0) is 124 Å². The number of carboxylic acid groups (broad SMARTS) is 1. The molecule has 2 aromatic heterocycles. The molecule has 3 aromatic carbocycles. The molecule has 1 N–H and O–H groups in total. The molecule has 0 bridgehead atoms. The van der Waals surface area contributed by atoms with Crippen molar-refractivity contribution in [3.05, 3.63) is 104 Å². The van der Waals surface area contributed by atoms with Gasteiger partial charge in [-0.15, -0.1) is 0 Å². The van der Waals surface area contributed by atoms with E-state index < -0.39 is 5.97 Å². The minimum Gasteiger partial charge on any atom is -0.494 e. The number of hydrogen-bond donors (Lipinski definition) is 1. The second-order valence-electron chi connectivity index (χ2n) is 13.8. The number of halogens is 1. The Hall–Kier alpha value is -4.56. The lowest BCUT2D eigenvalue weighted by Crippen LogP contribution is -2.31. The smallest absolute Gasteiger partial charge is 0.335 e. The highest BCUT2D eigenvalue weighted by Crippen LogP contribution is 2.43. The van der Waals surface area contributed by atoms with Gasteiger partial charge in [0.1, 0.15) is 11.4 Å². The summed E-state index contributed by atoms with van der Waals surface area (Å²) in [4.78, 5) is 28.7. The van der Waals surface area contributed by atoms with Crippen LogP contribution in [-0.4, -0.2) is 49.4 Å². The average molecular weight is 695 g/mol. The number of aryl methyl sites for hydroxylation is 7. The summed E-state index contributed by atoms with van der Waals surface area (Å²) in [7, 11) is 1.94. The number of aromatic nitrogens is 3. The second-order valence-corrected chi connectivity index (χ2v) is 14.2. The van der Waals surface area contributed by atoms with E-state index in [0.29, 0.717) is 43.4 Å². The number of nitrogens with zero attached hydrogens (tertiary/aromatic N) is 4. The molecule has 0 unspecified atom stereocenters. The van der Waals surface area contributed by atoms with Gasteiger partial charge in [0.2, 0.25) is 0 Å². The van der Waals surface area contributed by atoms with Crippen LogP contribution in [0.15, 0.2) is 42.5 Å². The van der Waals surface area contributed by atoms with E-state index in [9.17, 15) is 14.7 Å². The predicted molar refractivity (Wildman–Crippen MR) is 200 cm³/mol. The highest BCUT2D eigenvalue weighted by atomic mass is 35.5. The molecule has 1 amide bonds. The summed E-state index contributed by atoms with van der Waals surface area (Å²) in [5.74, 6) is -0.160. The van der Waals surface area contributed by atoms with E-state index in [4.69, 9.17) is 21.4 Å². The molecule has 6 rings (SSSR count). The Labute approximate surface area is 299 Å². The number of hydrogen-bond acceptors (Lipinski definition) is 4. The summed E-state index contributed by atoms with van der Waals surface area (Å²) >= 11 is 7.05. The van der Waals surface area contributed by atoms with Crippen molar-refractivity contribution in [1.82, 2.24) is 19.2 Å². The number of carbonyl (C=O) groups is 2. The van der Waals surface area contributed by atoms with Crippen molar-refractivity contribution in [2.75, 3.05) is 13.2 Å². The zero-order chi connectivity index (χ0) is 35.9. The van der Waals surface area contributed by atoms with E-state index in [1.165, 1.54) is 16.7 Å². The van der Waals surface area contributed by atoms with Crippen LogP contribution in [0.3, 0.4) is 0 Å². The first kappa shape index (κ1) is 35.3. The third kappa shape index (κ3) is 6.65. The van der Waals surface area contributed by atoms with Gasteiger partial charge < -0.3 is 19.3 Å². The summed E-state index contributed by atoms with van der Waals surface area (Å²) in [5.41, 5.74) is 12.1. The van der Waals surface area contributed by atoms with Crippen LogP contribution in [0.25, 0.3) is 22.0 Å². The molecule has 8 nitrogen and oxygen atoms in total. The fraction of sp³-hybridized carbons (Fsp3) is 0.390. The Bertz CT molecular complexity index is 2100. The molecule has 3 heterocycles. The first-order valence-electron chi connectivity index (χ1n) is 17.6. The van der Waals surface area contributed by atoms with E-state index in [1.807, 2.05) is 35.7 Å². The quantitative estimate of drug-likeness (QED) is 0.140. The van der Waals surface area contributed by atoms with Crippen molar-refractivity contribution < 1.29 is 19.4 Å². The number of carbonyl (C=O) groups excluding carboxylic acids is 1. The van der Waals surface area contributed by atoms with Crippen LogP contribution < -0.4 is 4.74 Å². The molecule has 0 spiro atoms. The molecule has 0 aliphatic carbocycles. The predicted octanol–water partition coefficient (Wildman–Crippen LogP) is 8.95. The minimum absolute atomic E-state index is 0.0566. The Kier molecular flexibility index (Phi) is 10.1. The monoisotopic (exact) mass is 694 g/mol. The highest BCUT2D eigenvalue weighted by Gasteiger charge is 2.32. The Morgan fingerprint density at radius 2 is 1.68 bits per heavy atom. The largest absolute Gasteiger partial charge is 0.494 e. The van der Waals surface area contributed by atoms with Crippen molar-refractivity contribution >= 4 is 34.4 Å². The van der Waals surface area contributed by atoms with Gasteiger partial charge in [-0.1, -0.05) is 37.1 Å². The molecule has 1 aliphatic rings. The number of carboxylic acids is 1. The SMILES string of the molecule is CCCc1cc(CN2CCCn3c(c(CCCOc4cc(C)c(C)c(C)c4)c4ccc(Cl)c(-c5c(C)nn(C)c5C)c43)C2=O)cc(C(=O)O)c1. The molecule has 0 saturated carbocycles. The fourth-order valence-electron chi connectivity index (χ4n) is 7.56. The highest BCUT2D eigenvalue weighted by molar-refractivity contribution is 6.35. The van der Waals surface area contributed by atoms with Crippen LogP contribution in [0, 0.1) is 34.6 Å². The molecule has 0 fully saturated rings. The number of amides is 1. The standard InChI is InChI=1S/C41H47ClN4O4/c1-8-11-29-20-30(22-31(21-29)41(48)49)23-45-15-10-16-46-38-34(13-14-35(42)37(38)36-27(5)43-44(7)28(36)6)33(39(46)40(45)47)12-9-17-50-32-18-24(2)26(4)25(3)19-32/h13-14,18-22H,8-12,15-17,23H2,1-7H3,(H,48,49). The third-order valence-electron chi connectivity index (χ3n) is 10.3. The Morgan fingerprint density at radius 1 is 0.960 bits per heavy atom. The number of fused-ring (bicyclic) bond motifs is 3. The van der Waals surface area contributed by atoms with Gasteiger partial charge in [-0.25, -0.2) is 4.79 Å². The van der Waals surface area contributed by atoms with Gasteiger partial charge >= 0.3 is 5.97 Å². The molecule has 50 heavy (non-hydrogen) atoms. The molecule has 0 atom stereocenters. The van der Waals surface area contributed by atoms with Crippen LogP contribution in [0.1, 0.15) is 91.8 Å². The maximum atomic E-state index is 14.8. The zero-order valence-electron chi connectivity index (χ0n) is 30.2. The molecule has 0 saturated heterocycles. The lowest BCUT2D eigenvalue weighted by Gasteiger charge is -2.22. The lowest BCUT2D eigenvalue weighted by atomic mass is 9.98. The molecule has 1 aliphatic heterocycles. The van der Waals surface area contributed by atoms with Crippen LogP contribution in [0.4, 0.5) is 0 Å². The average Bonchev–Trinajstić information content (AvgIpc) is 3.45. The molecule has 0 radical (unpaired) electrons. The molecule has 5 aromatic rings. The van der Waals surface area contributed by atoms with Crippen molar-refractivity contribution in [2.45, 2.75) is 86.7 Å². The van der Waals surface area contributed by atoms with E-state index in [-0.39, 0.29) is 11.5 Å². The summed E-state index contributed by atoms with van der Waals surface area (Å²) in [6.45, 7) is 14.5. The van der Waals surface area contributed by atoms with E-state index in [2.05, 4.69) is 57.4 Å². The van der Waals surface area contributed by atoms with Gasteiger partial charge in [0.15, 0.2) is 0 Å². The number of rotatable bonds is 11. The number of benzene rings is 3. The van der Waals surface area contributed by atoms with E-state index in [0.717, 1.165) is 81.5 Å². The van der Waals surface area contributed by atoms with Crippen LogP contribution >= 0.6 is 11.6 Å². The maximum Gasteiger partial charge on any atom is 0.335 e. The van der Waals surface area contributed by atoms with Crippen molar-refractivity contribution in [3.8, 4) is 16.9 Å². The summed E-state index contributed by atoms with van der Waals surface area (Å²) in [6, 6.07) is 13.7. The van der Waals surface area contributed by atoms with E-state index >= 15 is 0 Å². The van der Waals surface area contributed by atoms with Gasteiger partial charge in [-0.3, -0.25) is 9.48 Å². The molecule has 262 valence electrons. The number of ether oxygens (including phenoxy) is 1. The lowest BCUT2D eigenvalue weighted by molar-refractivity contribution is 0.0696. The first-order valence-corrected chi connectivity index (χ1v) is 18.0. The maximum absolute atomic E-state index is 14.8. The summed E-state index contributed by atoms with van der Waals surface area (Å²) in [5, 5.41) is 16.2. The minimum atomic E-state index is -0.961. The van der Waals surface area contributed by atoms with Crippen molar-refractivity contribution in [3.63, 3.8) is 0 Å². The van der Waals surface area contributed by atoms with Gasteiger partial charge in [0.05, 0.1) is 28.4 Å². The van der Waals surface area contributed by atoms with Gasteiger partial charge in [0, 0.05) is 48.9 Å². The fourth-order valence-corrected chi connectivity index (χ4v) is 7.80. The zero-order valence-corrected chi connectivity index (χ0v) is 31.0. The topological polar surface area (TPSA) is 89.6 Å². The Morgan fingerprint density at radius 3 is 2.34 bits per heavy atom. The molecule has 9 heteroatoms. The van der Waals surface area contributed by atoms with Crippen molar-refractivity contribution in [2.24, 2.45) is 7.05 Å². The third-order valence-corrected chi connectivity index (χ3v) is 10.6. The first-order chi connectivity index (χ1) is 23.9. The van der Waals surface area contributed by atoms with Crippen molar-refractivity contribution in [1.29, 1.82) is 0 Å². The number of aromatic carboxylic acids is 1. The molecular weight excluding hydrogens is 648 g/mol. The summed E-state index contributed by atoms with van der Waals surface area (Å²) in [6.07, 6.45) is 3.79.